The van der Waals surface area contributed by atoms with E-state index in [2.05, 4.69) is 29.3 Å². The van der Waals surface area contributed by atoms with Crippen molar-refractivity contribution in [3.63, 3.8) is 0 Å². The van der Waals surface area contributed by atoms with Crippen molar-refractivity contribution in [1.82, 2.24) is 5.32 Å². The number of hydrogen-bond donors (Lipinski definition) is 1. The van der Waals surface area contributed by atoms with Crippen molar-refractivity contribution >= 4 is 16.7 Å². The molecular formula is C24H26N2O4. The molecule has 30 heavy (non-hydrogen) atoms. The molecule has 0 amide bonds. The fourth-order valence-electron chi connectivity index (χ4n) is 4.42. The van der Waals surface area contributed by atoms with E-state index >= 15 is 0 Å². The van der Waals surface area contributed by atoms with Gasteiger partial charge >= 0.3 is 5.63 Å². The van der Waals surface area contributed by atoms with Crippen LogP contribution in [0.2, 0.25) is 0 Å². The summed E-state index contributed by atoms with van der Waals surface area (Å²) in [4.78, 5) is 14.8. The lowest BCUT2D eigenvalue weighted by atomic mass is 10.0. The van der Waals surface area contributed by atoms with Gasteiger partial charge in [-0.15, -0.1) is 0 Å². The van der Waals surface area contributed by atoms with Gasteiger partial charge in [-0.05, 0) is 67.7 Å². The predicted molar refractivity (Wildman–Crippen MR) is 117 cm³/mol. The van der Waals surface area contributed by atoms with Crippen LogP contribution in [0, 0.1) is 0 Å². The van der Waals surface area contributed by atoms with E-state index < -0.39 is 0 Å². The maximum atomic E-state index is 12.4. The topological polar surface area (TPSA) is 63.9 Å². The second kappa shape index (κ2) is 8.03. The maximum Gasteiger partial charge on any atom is 0.338 e. The highest BCUT2D eigenvalue weighted by Crippen LogP contribution is 2.35. The van der Waals surface area contributed by atoms with Crippen LogP contribution in [0.4, 0.5) is 5.69 Å². The van der Waals surface area contributed by atoms with Gasteiger partial charge in [-0.3, -0.25) is 0 Å². The maximum absolute atomic E-state index is 12.4. The molecule has 0 saturated carbocycles. The van der Waals surface area contributed by atoms with E-state index in [4.69, 9.17) is 13.9 Å². The fraction of sp³-hybridized carbons (Fsp3) is 0.375. The molecule has 156 valence electrons. The van der Waals surface area contributed by atoms with Crippen LogP contribution in [-0.4, -0.2) is 25.9 Å². The Morgan fingerprint density at radius 1 is 1.00 bits per heavy atom. The van der Waals surface area contributed by atoms with Gasteiger partial charge in [0.15, 0.2) is 11.5 Å². The number of hydrogen-bond acceptors (Lipinski definition) is 6. The molecular weight excluding hydrogens is 380 g/mol. The molecule has 0 unspecified atom stereocenters. The average molecular weight is 406 g/mol. The quantitative estimate of drug-likeness (QED) is 0.650. The van der Waals surface area contributed by atoms with E-state index in [1.807, 2.05) is 24.3 Å². The molecule has 6 nitrogen and oxygen atoms in total. The van der Waals surface area contributed by atoms with Crippen LogP contribution in [0.15, 0.2) is 51.7 Å². The third kappa shape index (κ3) is 3.63. The fourth-order valence-corrected chi connectivity index (χ4v) is 4.42. The largest absolute Gasteiger partial charge is 0.454 e. The summed E-state index contributed by atoms with van der Waals surface area (Å²) in [6.07, 6.45) is 2.99. The summed E-state index contributed by atoms with van der Waals surface area (Å²) in [7, 11) is 0. The number of nitrogens with zero attached hydrogens (tertiary/aromatic N) is 1. The molecule has 0 aliphatic carbocycles. The Balaban J connectivity index is 1.60. The molecule has 1 saturated heterocycles. The number of ether oxygens (including phenoxy) is 2. The smallest absolute Gasteiger partial charge is 0.338 e. The zero-order chi connectivity index (χ0) is 20.5. The van der Waals surface area contributed by atoms with E-state index in [0.29, 0.717) is 18.2 Å². The standard InChI is InChI=1S/C24H26N2O4/c1-2-16-3-5-21-19(11-16)20(13-24(27)30-21)26(18-7-9-25-10-8-18)14-17-4-6-22-23(12-17)29-15-28-22/h3-6,11-13,18,25H,2,7-10,14-15H2,1H3. The van der Waals surface area contributed by atoms with E-state index in [1.165, 1.54) is 5.56 Å². The molecule has 0 bridgehead atoms. The van der Waals surface area contributed by atoms with Crippen molar-refractivity contribution in [3.8, 4) is 11.5 Å². The van der Waals surface area contributed by atoms with Gasteiger partial charge in [-0.1, -0.05) is 19.1 Å². The molecule has 1 aromatic heterocycles. The lowest BCUT2D eigenvalue weighted by Crippen LogP contribution is -2.43. The van der Waals surface area contributed by atoms with Gasteiger partial charge in [0.25, 0.3) is 0 Å². The average Bonchev–Trinajstić information content (AvgIpc) is 3.25. The molecule has 0 radical (unpaired) electrons. The van der Waals surface area contributed by atoms with Crippen LogP contribution in [0.5, 0.6) is 11.5 Å². The van der Waals surface area contributed by atoms with E-state index in [1.54, 1.807) is 6.07 Å². The number of fused-ring (bicyclic) bond motifs is 2. The van der Waals surface area contributed by atoms with Crippen molar-refractivity contribution in [1.29, 1.82) is 0 Å². The first-order valence-electron chi connectivity index (χ1n) is 10.6. The number of piperidine rings is 1. The zero-order valence-corrected chi connectivity index (χ0v) is 17.1. The molecule has 1 fully saturated rings. The molecule has 3 heterocycles. The molecule has 6 heteroatoms. The normalized spacial score (nSPS) is 16.2. The lowest BCUT2D eigenvalue weighted by molar-refractivity contribution is 0.174. The summed E-state index contributed by atoms with van der Waals surface area (Å²) in [6, 6.07) is 14.2. The summed E-state index contributed by atoms with van der Waals surface area (Å²) in [5, 5.41) is 4.44. The minimum Gasteiger partial charge on any atom is -0.454 e. The second-order valence-electron chi connectivity index (χ2n) is 7.93. The minimum atomic E-state index is -0.314. The zero-order valence-electron chi connectivity index (χ0n) is 17.1. The highest BCUT2D eigenvalue weighted by Gasteiger charge is 2.25. The third-order valence-electron chi connectivity index (χ3n) is 6.04. The van der Waals surface area contributed by atoms with Crippen LogP contribution >= 0.6 is 0 Å². The minimum absolute atomic E-state index is 0.265. The SMILES string of the molecule is CCc1ccc2oc(=O)cc(N(Cc3ccc4c(c3)OCO4)C3CCNCC3)c2c1. The Kier molecular flexibility index (Phi) is 5.09. The van der Waals surface area contributed by atoms with E-state index in [0.717, 1.165) is 60.5 Å². The van der Waals surface area contributed by atoms with Gasteiger partial charge < -0.3 is 24.1 Å². The van der Waals surface area contributed by atoms with E-state index in [-0.39, 0.29) is 12.4 Å². The summed E-state index contributed by atoms with van der Waals surface area (Å²) >= 11 is 0. The van der Waals surface area contributed by atoms with Gasteiger partial charge in [0.1, 0.15) is 5.58 Å². The van der Waals surface area contributed by atoms with Gasteiger partial charge in [-0.2, -0.15) is 0 Å². The molecule has 3 aromatic rings. The summed E-state index contributed by atoms with van der Waals surface area (Å²) in [6.45, 7) is 5.04. The van der Waals surface area contributed by atoms with Crippen LogP contribution < -0.4 is 25.3 Å². The summed E-state index contributed by atoms with van der Waals surface area (Å²) < 4.78 is 16.6. The van der Waals surface area contributed by atoms with Crippen LogP contribution in [0.3, 0.4) is 0 Å². The highest BCUT2D eigenvalue weighted by atomic mass is 16.7. The summed E-state index contributed by atoms with van der Waals surface area (Å²) in [5.74, 6) is 1.56. The first-order valence-corrected chi connectivity index (χ1v) is 10.6. The van der Waals surface area contributed by atoms with E-state index in [9.17, 15) is 4.79 Å². The van der Waals surface area contributed by atoms with Crippen molar-refractivity contribution in [3.05, 3.63) is 64.0 Å². The van der Waals surface area contributed by atoms with Crippen molar-refractivity contribution in [2.75, 3.05) is 24.8 Å². The van der Waals surface area contributed by atoms with Crippen molar-refractivity contribution < 1.29 is 13.9 Å². The van der Waals surface area contributed by atoms with Crippen molar-refractivity contribution in [2.24, 2.45) is 0 Å². The lowest BCUT2D eigenvalue weighted by Gasteiger charge is -2.37. The first kappa shape index (κ1) is 19.0. The number of anilines is 1. The number of aryl methyl sites for hydroxylation is 1. The Bertz CT molecular complexity index is 1120. The third-order valence-corrected chi connectivity index (χ3v) is 6.04. The first-order chi connectivity index (χ1) is 14.7. The molecule has 0 spiro atoms. The monoisotopic (exact) mass is 406 g/mol. The van der Waals surface area contributed by atoms with Gasteiger partial charge in [0, 0.05) is 24.0 Å². The van der Waals surface area contributed by atoms with Gasteiger partial charge in [-0.25, -0.2) is 4.79 Å². The molecule has 0 atom stereocenters. The Hall–Kier alpha value is -2.99. The molecule has 2 aliphatic heterocycles. The Morgan fingerprint density at radius 3 is 2.63 bits per heavy atom. The highest BCUT2D eigenvalue weighted by molar-refractivity contribution is 5.91. The number of benzene rings is 2. The second-order valence-corrected chi connectivity index (χ2v) is 7.93. The van der Waals surface area contributed by atoms with Crippen LogP contribution in [0.1, 0.15) is 30.9 Å². The van der Waals surface area contributed by atoms with Gasteiger partial charge in [0.05, 0.1) is 5.69 Å². The molecule has 1 N–H and O–H groups in total. The number of rotatable bonds is 5. The predicted octanol–water partition coefficient (Wildman–Crippen LogP) is 3.84. The van der Waals surface area contributed by atoms with Gasteiger partial charge in [0.2, 0.25) is 6.79 Å². The van der Waals surface area contributed by atoms with Crippen LogP contribution in [-0.2, 0) is 13.0 Å². The number of nitrogens with one attached hydrogen (secondary N) is 1. The Morgan fingerprint density at radius 2 is 1.80 bits per heavy atom. The molecule has 2 aliphatic rings. The van der Waals surface area contributed by atoms with Crippen LogP contribution in [0.25, 0.3) is 11.0 Å². The van der Waals surface area contributed by atoms with Crippen molar-refractivity contribution in [2.45, 2.75) is 38.8 Å². The summed E-state index contributed by atoms with van der Waals surface area (Å²) in [5.41, 5.74) is 3.63. The molecule has 2 aromatic carbocycles. The molecule has 5 rings (SSSR count). The Labute approximate surface area is 175 Å².